The molecule has 1 nitrogen and oxygen atoms in total. The molecule has 0 saturated heterocycles. The van der Waals surface area contributed by atoms with E-state index < -0.39 is 0 Å². The Morgan fingerprint density at radius 2 is 1.40 bits per heavy atom. The van der Waals surface area contributed by atoms with Crippen molar-refractivity contribution in [3.8, 4) is 0 Å². The van der Waals surface area contributed by atoms with Crippen molar-refractivity contribution in [3.05, 3.63) is 0 Å². The molecule has 0 amide bonds. The van der Waals surface area contributed by atoms with E-state index in [0.717, 1.165) is 0 Å². The molecule has 2 heteroatoms. The molecule has 0 aliphatic heterocycles. The van der Waals surface area contributed by atoms with Gasteiger partial charge in [0.1, 0.15) is 0 Å². The van der Waals surface area contributed by atoms with Gasteiger partial charge in [-0.2, -0.15) is 0 Å². The molecule has 0 N–H and O–H groups in total. The van der Waals surface area contributed by atoms with Gasteiger partial charge in [0.25, 0.3) is 0 Å². The molecular weight excluding hydrogens is 175 g/mol. The third-order valence-electron chi connectivity index (χ3n) is 1.66. The van der Waals surface area contributed by atoms with Gasteiger partial charge >= 0.3 is 74.8 Å². The van der Waals surface area contributed by atoms with Crippen LogP contribution in [0.2, 0.25) is 0 Å². The van der Waals surface area contributed by atoms with Gasteiger partial charge < -0.3 is 0 Å². The van der Waals surface area contributed by atoms with Gasteiger partial charge in [-0.15, -0.1) is 0 Å². The Morgan fingerprint density at radius 1 is 1.00 bits per heavy atom. The predicted molar refractivity (Wildman–Crippen MR) is 41.4 cm³/mol. The molecule has 10 heavy (non-hydrogen) atoms. The van der Waals surface area contributed by atoms with Crippen molar-refractivity contribution in [2.75, 3.05) is 13.1 Å². The van der Waals surface area contributed by atoms with Crippen LogP contribution in [0.1, 0.15) is 39.5 Å². The molecule has 0 aliphatic carbocycles. The average Bonchev–Trinajstić information content (AvgIpc) is 1.97. The molecule has 0 aromatic carbocycles. The van der Waals surface area contributed by atoms with Crippen molar-refractivity contribution in [2.24, 2.45) is 0 Å². The predicted octanol–water partition coefficient (Wildman–Crippen LogP) is 2.35. The van der Waals surface area contributed by atoms with Gasteiger partial charge in [-0.25, -0.2) is 0 Å². The SMILES string of the molecule is CCCC[N]([Zn])CCCC. The molecule has 0 bridgehead atoms. The fourth-order valence-corrected chi connectivity index (χ4v) is 1.81. The Kier molecular flexibility index (Phi) is 8.14. The normalized spacial score (nSPS) is 10.9. The second-order valence-corrected chi connectivity index (χ2v) is 4.70. The van der Waals surface area contributed by atoms with Crippen molar-refractivity contribution in [2.45, 2.75) is 39.5 Å². The standard InChI is InChI=1S/C8H18N.Zn/c1-3-5-7-9-8-6-4-2;/h3-8H2,1-2H3;/q-1;+1. The second-order valence-electron chi connectivity index (χ2n) is 2.83. The Bertz CT molecular complexity index is 58.3. The van der Waals surface area contributed by atoms with Crippen LogP contribution in [0.5, 0.6) is 0 Å². The number of unbranched alkanes of at least 4 members (excludes halogenated alkanes) is 2. The number of hydrogen-bond acceptors (Lipinski definition) is 1. The van der Waals surface area contributed by atoms with E-state index in [1.165, 1.54) is 57.3 Å². The summed E-state index contributed by atoms with van der Waals surface area (Å²) in [6, 6.07) is 0. The molecule has 0 rings (SSSR count). The van der Waals surface area contributed by atoms with Crippen molar-refractivity contribution in [1.82, 2.24) is 3.64 Å². The summed E-state index contributed by atoms with van der Waals surface area (Å²) in [5, 5.41) is 0. The zero-order valence-corrected chi connectivity index (χ0v) is 10.4. The molecule has 0 unspecified atom stereocenters. The van der Waals surface area contributed by atoms with Crippen molar-refractivity contribution < 1.29 is 18.5 Å². The third-order valence-corrected chi connectivity index (χ3v) is 2.98. The summed E-state index contributed by atoms with van der Waals surface area (Å²) in [5.41, 5.74) is 0. The van der Waals surface area contributed by atoms with Crippen LogP contribution in [0.3, 0.4) is 0 Å². The zero-order chi connectivity index (χ0) is 7.82. The van der Waals surface area contributed by atoms with Crippen LogP contribution in [0.25, 0.3) is 0 Å². The Labute approximate surface area is 75.1 Å². The molecule has 0 fully saturated rings. The van der Waals surface area contributed by atoms with E-state index in [1.807, 2.05) is 0 Å². The summed E-state index contributed by atoms with van der Waals surface area (Å²) in [6.07, 6.45) is 5.43. The van der Waals surface area contributed by atoms with Gasteiger partial charge in [-0.05, 0) is 0 Å². The molecule has 57 valence electrons. The molecule has 0 aromatic heterocycles. The summed E-state index contributed by atoms with van der Waals surface area (Å²) in [4.78, 5) is 0. The molecule has 0 spiro atoms. The van der Waals surface area contributed by atoms with E-state index in [1.54, 1.807) is 0 Å². The quantitative estimate of drug-likeness (QED) is 0.586. The monoisotopic (exact) mass is 192 g/mol. The fourth-order valence-electron chi connectivity index (χ4n) is 0.875. The van der Waals surface area contributed by atoms with Gasteiger partial charge in [0.15, 0.2) is 0 Å². The molecule has 0 radical (unpaired) electrons. The summed E-state index contributed by atoms with van der Waals surface area (Å²) in [6.45, 7) is 7.17. The molecule has 0 saturated carbocycles. The van der Waals surface area contributed by atoms with Crippen LogP contribution in [0.15, 0.2) is 0 Å². The van der Waals surface area contributed by atoms with E-state index in [4.69, 9.17) is 0 Å². The van der Waals surface area contributed by atoms with E-state index >= 15 is 0 Å². The minimum absolute atomic E-state index is 1.33. The maximum atomic E-state index is 2.55. The summed E-state index contributed by atoms with van der Waals surface area (Å²) in [7, 11) is 0. The Balaban J connectivity index is 3.00. The molecule has 0 aliphatic rings. The summed E-state index contributed by atoms with van der Waals surface area (Å²) >= 11 is 1.35. The number of hydrogen-bond donors (Lipinski definition) is 0. The molecular formula is C8H18NZn. The van der Waals surface area contributed by atoms with Gasteiger partial charge in [-0.1, -0.05) is 0 Å². The van der Waals surface area contributed by atoms with Crippen LogP contribution >= 0.6 is 0 Å². The molecule has 0 aromatic rings. The van der Waals surface area contributed by atoms with Crippen LogP contribution in [0.4, 0.5) is 0 Å². The number of rotatable bonds is 6. The van der Waals surface area contributed by atoms with Crippen LogP contribution < -0.4 is 0 Å². The number of nitrogens with zero attached hydrogens (tertiary/aromatic N) is 1. The Morgan fingerprint density at radius 3 is 1.70 bits per heavy atom. The second kappa shape index (κ2) is 7.69. The summed E-state index contributed by atoms with van der Waals surface area (Å²) < 4.78 is 2.55. The first kappa shape index (κ1) is 10.6. The van der Waals surface area contributed by atoms with Crippen LogP contribution in [-0.2, 0) is 18.5 Å². The van der Waals surface area contributed by atoms with Crippen LogP contribution in [0, 0.1) is 0 Å². The van der Waals surface area contributed by atoms with Crippen molar-refractivity contribution in [1.29, 1.82) is 0 Å². The Hall–Kier alpha value is 0.583. The first-order chi connectivity index (χ1) is 4.81. The minimum atomic E-state index is 1.33. The average molecular weight is 194 g/mol. The van der Waals surface area contributed by atoms with E-state index in [2.05, 4.69) is 17.5 Å². The van der Waals surface area contributed by atoms with E-state index in [-0.39, 0.29) is 0 Å². The topological polar surface area (TPSA) is 3.24 Å². The van der Waals surface area contributed by atoms with E-state index in [0.29, 0.717) is 0 Å². The van der Waals surface area contributed by atoms with Crippen molar-refractivity contribution >= 4 is 0 Å². The van der Waals surface area contributed by atoms with Crippen molar-refractivity contribution in [3.63, 3.8) is 0 Å². The first-order valence-electron chi connectivity index (χ1n) is 4.36. The third kappa shape index (κ3) is 6.70. The van der Waals surface area contributed by atoms with Gasteiger partial charge in [-0.3, -0.25) is 0 Å². The van der Waals surface area contributed by atoms with E-state index in [9.17, 15) is 0 Å². The van der Waals surface area contributed by atoms with Gasteiger partial charge in [0, 0.05) is 0 Å². The van der Waals surface area contributed by atoms with Crippen LogP contribution in [-0.4, -0.2) is 16.7 Å². The van der Waals surface area contributed by atoms with Gasteiger partial charge in [0.05, 0.1) is 0 Å². The fraction of sp³-hybridized carbons (Fsp3) is 1.00. The first-order valence-corrected chi connectivity index (χ1v) is 5.69. The molecule has 0 heterocycles. The zero-order valence-electron chi connectivity index (χ0n) is 7.40. The molecule has 0 atom stereocenters. The van der Waals surface area contributed by atoms with Gasteiger partial charge in [0.2, 0.25) is 0 Å². The maximum absolute atomic E-state index is 2.55. The summed E-state index contributed by atoms with van der Waals surface area (Å²) in [5.74, 6) is 0.